The summed E-state index contributed by atoms with van der Waals surface area (Å²) in [6.45, 7) is 6.82. The second-order valence-electron chi connectivity index (χ2n) is 9.10. The van der Waals surface area contributed by atoms with Gasteiger partial charge in [0.25, 0.3) is 15.9 Å². The number of rotatable bonds is 9. The van der Waals surface area contributed by atoms with E-state index in [9.17, 15) is 13.2 Å². The van der Waals surface area contributed by atoms with Crippen LogP contribution in [0.25, 0.3) is 0 Å². The van der Waals surface area contributed by atoms with E-state index in [-0.39, 0.29) is 16.8 Å². The lowest BCUT2D eigenvalue weighted by Crippen LogP contribution is -2.43. The normalized spacial score (nSPS) is 15.1. The van der Waals surface area contributed by atoms with Crippen molar-refractivity contribution in [3.8, 4) is 5.75 Å². The highest BCUT2D eigenvalue weighted by atomic mass is 32.2. The molecule has 3 aromatic carbocycles. The monoisotopic (exact) mass is 523 g/mol. The molecule has 1 atom stereocenters. The predicted molar refractivity (Wildman–Crippen MR) is 144 cm³/mol. The number of nitrogens with one attached hydrogen (secondary N) is 2. The van der Waals surface area contributed by atoms with Gasteiger partial charge in [0.2, 0.25) is 0 Å². The number of amides is 1. The van der Waals surface area contributed by atoms with Gasteiger partial charge in [-0.1, -0.05) is 30.3 Å². The first-order valence-corrected chi connectivity index (χ1v) is 13.7. The number of ether oxygens (including phenoxy) is 2. The molecular weight excluding hydrogens is 490 g/mol. The lowest BCUT2D eigenvalue weighted by Gasteiger charge is -2.35. The first kappa shape index (κ1) is 26.7. The average Bonchev–Trinajstić information content (AvgIpc) is 2.89. The molecule has 1 fully saturated rings. The molecule has 1 aliphatic rings. The molecule has 37 heavy (non-hydrogen) atoms. The summed E-state index contributed by atoms with van der Waals surface area (Å²) in [6.07, 6.45) is 0. The van der Waals surface area contributed by atoms with Gasteiger partial charge in [-0.2, -0.15) is 0 Å². The Bertz CT molecular complexity index is 1340. The van der Waals surface area contributed by atoms with Crippen molar-refractivity contribution >= 4 is 21.6 Å². The van der Waals surface area contributed by atoms with E-state index in [1.807, 2.05) is 37.3 Å². The fourth-order valence-electron chi connectivity index (χ4n) is 4.39. The number of carbonyl (C=O) groups is 1. The van der Waals surface area contributed by atoms with Crippen molar-refractivity contribution in [1.29, 1.82) is 0 Å². The van der Waals surface area contributed by atoms with Crippen molar-refractivity contribution in [1.82, 2.24) is 10.2 Å². The highest BCUT2D eigenvalue weighted by molar-refractivity contribution is 7.92. The highest BCUT2D eigenvalue weighted by Gasteiger charge is 2.24. The Morgan fingerprint density at radius 2 is 1.76 bits per heavy atom. The number of methoxy groups -OCH3 is 1. The maximum absolute atomic E-state index is 13.3. The van der Waals surface area contributed by atoms with Crippen LogP contribution in [0.3, 0.4) is 0 Å². The Kier molecular flexibility index (Phi) is 8.48. The minimum absolute atomic E-state index is 0.0321. The van der Waals surface area contributed by atoms with Crippen molar-refractivity contribution in [2.24, 2.45) is 0 Å². The topological polar surface area (TPSA) is 97.0 Å². The number of hydrogen-bond acceptors (Lipinski definition) is 6. The molecule has 0 saturated carbocycles. The Morgan fingerprint density at radius 1 is 1.03 bits per heavy atom. The molecule has 0 spiro atoms. The lowest BCUT2D eigenvalue weighted by atomic mass is 10.0. The quantitative estimate of drug-likeness (QED) is 0.441. The van der Waals surface area contributed by atoms with Gasteiger partial charge in [-0.3, -0.25) is 14.4 Å². The van der Waals surface area contributed by atoms with E-state index >= 15 is 0 Å². The van der Waals surface area contributed by atoms with E-state index in [1.54, 1.807) is 38.3 Å². The maximum Gasteiger partial charge on any atom is 0.261 e. The molecule has 3 aromatic rings. The van der Waals surface area contributed by atoms with Crippen LogP contribution in [-0.2, 0) is 14.8 Å². The summed E-state index contributed by atoms with van der Waals surface area (Å²) in [6, 6.07) is 19.5. The van der Waals surface area contributed by atoms with Crippen molar-refractivity contribution in [2.75, 3.05) is 44.7 Å². The van der Waals surface area contributed by atoms with Crippen molar-refractivity contribution < 1.29 is 22.7 Å². The first-order valence-electron chi connectivity index (χ1n) is 12.2. The van der Waals surface area contributed by atoms with E-state index in [0.717, 1.165) is 30.0 Å². The molecule has 0 aromatic heterocycles. The third-order valence-corrected chi connectivity index (χ3v) is 7.86. The van der Waals surface area contributed by atoms with Crippen LogP contribution in [0.1, 0.15) is 33.1 Å². The lowest BCUT2D eigenvalue weighted by molar-refractivity contribution is 0.0162. The van der Waals surface area contributed by atoms with Crippen LogP contribution < -0.4 is 14.8 Å². The minimum Gasteiger partial charge on any atom is -0.497 e. The summed E-state index contributed by atoms with van der Waals surface area (Å²) >= 11 is 0. The smallest absolute Gasteiger partial charge is 0.261 e. The fraction of sp³-hybridized carbons (Fsp3) is 0.321. The summed E-state index contributed by atoms with van der Waals surface area (Å²) in [5.41, 5.74) is 3.48. The van der Waals surface area contributed by atoms with E-state index in [1.165, 1.54) is 12.1 Å². The van der Waals surface area contributed by atoms with Crippen molar-refractivity contribution in [3.05, 3.63) is 89.0 Å². The van der Waals surface area contributed by atoms with Crippen LogP contribution in [0.15, 0.2) is 71.6 Å². The SMILES string of the molecule is COc1ccc([C@H](CNC(=O)c2cc(S(=O)(=O)Nc3cccc(C)c3)ccc2C)N2CCOCC2)cc1. The van der Waals surface area contributed by atoms with Crippen LogP contribution in [0, 0.1) is 13.8 Å². The first-order chi connectivity index (χ1) is 17.8. The molecule has 1 amide bonds. The van der Waals surface area contributed by atoms with E-state index in [0.29, 0.717) is 36.6 Å². The van der Waals surface area contributed by atoms with Gasteiger partial charge < -0.3 is 14.8 Å². The molecule has 1 heterocycles. The van der Waals surface area contributed by atoms with Crippen LogP contribution in [-0.4, -0.2) is 59.2 Å². The van der Waals surface area contributed by atoms with Gasteiger partial charge >= 0.3 is 0 Å². The van der Waals surface area contributed by atoms with Gasteiger partial charge in [-0.05, 0) is 66.9 Å². The fourth-order valence-corrected chi connectivity index (χ4v) is 5.47. The Balaban J connectivity index is 1.52. The van der Waals surface area contributed by atoms with Crippen LogP contribution in [0.5, 0.6) is 5.75 Å². The third kappa shape index (κ3) is 6.68. The van der Waals surface area contributed by atoms with E-state index in [4.69, 9.17) is 9.47 Å². The zero-order chi connectivity index (χ0) is 26.4. The molecular formula is C28H33N3O5S. The average molecular weight is 524 g/mol. The number of sulfonamides is 1. The number of nitrogens with zero attached hydrogens (tertiary/aromatic N) is 1. The van der Waals surface area contributed by atoms with Crippen molar-refractivity contribution in [3.63, 3.8) is 0 Å². The predicted octanol–water partition coefficient (Wildman–Crippen LogP) is 3.92. The maximum atomic E-state index is 13.3. The van der Waals surface area contributed by atoms with Crippen LogP contribution in [0.2, 0.25) is 0 Å². The van der Waals surface area contributed by atoms with Gasteiger partial charge in [0.1, 0.15) is 5.75 Å². The number of carbonyl (C=O) groups excluding carboxylic acids is 1. The number of hydrogen-bond donors (Lipinski definition) is 2. The number of aryl methyl sites for hydroxylation is 2. The third-order valence-electron chi connectivity index (χ3n) is 6.48. The van der Waals surface area contributed by atoms with Gasteiger partial charge in [0.05, 0.1) is 31.3 Å². The molecule has 0 unspecified atom stereocenters. The molecule has 0 aliphatic carbocycles. The minimum atomic E-state index is -3.86. The van der Waals surface area contributed by atoms with Gasteiger partial charge in [-0.25, -0.2) is 8.42 Å². The zero-order valence-corrected chi connectivity index (χ0v) is 22.2. The second-order valence-corrected chi connectivity index (χ2v) is 10.8. The van der Waals surface area contributed by atoms with E-state index < -0.39 is 10.0 Å². The molecule has 8 nitrogen and oxygen atoms in total. The molecule has 1 aliphatic heterocycles. The zero-order valence-electron chi connectivity index (χ0n) is 21.4. The molecule has 4 rings (SSSR count). The summed E-state index contributed by atoms with van der Waals surface area (Å²) in [5, 5.41) is 3.03. The number of morpholine rings is 1. The Labute approximate surface area is 218 Å². The summed E-state index contributed by atoms with van der Waals surface area (Å²) in [5.74, 6) is 0.443. The summed E-state index contributed by atoms with van der Waals surface area (Å²) in [7, 11) is -2.24. The second kappa shape index (κ2) is 11.8. The molecule has 196 valence electrons. The van der Waals surface area contributed by atoms with Crippen LogP contribution >= 0.6 is 0 Å². The Hall–Kier alpha value is -3.40. The molecule has 2 N–H and O–H groups in total. The number of anilines is 1. The molecule has 0 bridgehead atoms. The molecule has 9 heteroatoms. The van der Waals surface area contributed by atoms with Crippen molar-refractivity contribution in [2.45, 2.75) is 24.8 Å². The van der Waals surface area contributed by atoms with Crippen LogP contribution in [0.4, 0.5) is 5.69 Å². The van der Waals surface area contributed by atoms with Gasteiger partial charge in [-0.15, -0.1) is 0 Å². The number of benzene rings is 3. The molecule has 0 radical (unpaired) electrons. The Morgan fingerprint density at radius 3 is 2.43 bits per heavy atom. The summed E-state index contributed by atoms with van der Waals surface area (Å²) in [4.78, 5) is 15.6. The molecule has 1 saturated heterocycles. The van der Waals surface area contributed by atoms with Gasteiger partial charge in [0, 0.05) is 30.9 Å². The largest absolute Gasteiger partial charge is 0.497 e. The standard InChI is InChI=1S/C28H33N3O5S/c1-20-5-4-6-23(17-20)30-37(33,34)25-12-7-21(2)26(18-25)28(32)29-19-27(31-13-15-36-16-14-31)22-8-10-24(35-3)11-9-22/h4-12,17-18,27,30H,13-16,19H2,1-3H3,(H,29,32)/t27-/m0/s1. The van der Waals surface area contributed by atoms with E-state index in [2.05, 4.69) is 14.9 Å². The summed E-state index contributed by atoms with van der Waals surface area (Å²) < 4.78 is 39.5. The highest BCUT2D eigenvalue weighted by Crippen LogP contribution is 2.25. The van der Waals surface area contributed by atoms with Gasteiger partial charge in [0.15, 0.2) is 0 Å².